The maximum absolute atomic E-state index is 4.66. The smallest absolute Gasteiger partial charge is 0.0659 e. The number of hydrogen-bond acceptors (Lipinski definition) is 1. The monoisotopic (exact) mass is 178 g/mol. The van der Waals surface area contributed by atoms with Crippen LogP contribution < -0.4 is 0 Å². The zero-order valence-electron chi connectivity index (χ0n) is 8.64. The largest absolute Gasteiger partial charge is 0.269 e. The number of hydrogen-bond donors (Lipinski definition) is 0. The standard InChI is InChI=1S/C11H18N2/c1-3-11-9-7-5-6-8-10(9)12-13(11)4-2/h3-8H2,1-2H3. The maximum Gasteiger partial charge on any atom is 0.0659 e. The Morgan fingerprint density at radius 3 is 2.69 bits per heavy atom. The molecule has 0 radical (unpaired) electrons. The fraction of sp³-hybridized carbons (Fsp3) is 0.727. The minimum absolute atomic E-state index is 1.02. The van der Waals surface area contributed by atoms with Gasteiger partial charge in [-0.15, -0.1) is 0 Å². The summed E-state index contributed by atoms with van der Waals surface area (Å²) in [6, 6.07) is 0. The van der Waals surface area contributed by atoms with E-state index in [-0.39, 0.29) is 0 Å². The van der Waals surface area contributed by atoms with E-state index in [1.54, 1.807) is 5.56 Å². The molecule has 1 heterocycles. The summed E-state index contributed by atoms with van der Waals surface area (Å²) in [6.07, 6.45) is 6.29. The number of rotatable bonds is 2. The summed E-state index contributed by atoms with van der Waals surface area (Å²) in [5, 5.41) is 4.66. The highest BCUT2D eigenvalue weighted by atomic mass is 15.3. The molecule has 2 rings (SSSR count). The molecule has 0 amide bonds. The van der Waals surface area contributed by atoms with Crippen LogP contribution in [-0.4, -0.2) is 9.78 Å². The van der Waals surface area contributed by atoms with E-state index in [0.29, 0.717) is 0 Å². The van der Waals surface area contributed by atoms with Crippen molar-refractivity contribution in [3.8, 4) is 0 Å². The van der Waals surface area contributed by atoms with Crippen molar-refractivity contribution < 1.29 is 0 Å². The molecular formula is C11H18N2. The summed E-state index contributed by atoms with van der Waals surface area (Å²) in [5.41, 5.74) is 4.43. The highest BCUT2D eigenvalue weighted by Crippen LogP contribution is 2.24. The van der Waals surface area contributed by atoms with E-state index in [2.05, 4.69) is 23.6 Å². The molecule has 2 heteroatoms. The van der Waals surface area contributed by atoms with Crippen LogP contribution in [0.5, 0.6) is 0 Å². The summed E-state index contributed by atoms with van der Waals surface area (Å²) in [7, 11) is 0. The second kappa shape index (κ2) is 3.52. The first-order chi connectivity index (χ1) is 6.36. The normalized spacial score (nSPS) is 15.8. The van der Waals surface area contributed by atoms with Gasteiger partial charge < -0.3 is 0 Å². The summed E-state index contributed by atoms with van der Waals surface area (Å²) in [6.45, 7) is 5.44. The summed E-state index contributed by atoms with van der Waals surface area (Å²) in [5.74, 6) is 0. The van der Waals surface area contributed by atoms with Crippen molar-refractivity contribution in [1.82, 2.24) is 9.78 Å². The van der Waals surface area contributed by atoms with Gasteiger partial charge in [0.1, 0.15) is 0 Å². The minimum atomic E-state index is 1.02. The van der Waals surface area contributed by atoms with Gasteiger partial charge in [0.25, 0.3) is 0 Å². The molecule has 0 aliphatic heterocycles. The fourth-order valence-electron chi connectivity index (χ4n) is 2.33. The molecule has 1 aromatic rings. The average Bonchev–Trinajstić information content (AvgIpc) is 2.55. The Bertz CT molecular complexity index is 289. The van der Waals surface area contributed by atoms with Gasteiger partial charge in [0, 0.05) is 12.2 Å². The van der Waals surface area contributed by atoms with Crippen molar-refractivity contribution in [2.45, 2.75) is 52.5 Å². The van der Waals surface area contributed by atoms with Gasteiger partial charge in [0.15, 0.2) is 0 Å². The molecule has 72 valence electrons. The Morgan fingerprint density at radius 2 is 2.00 bits per heavy atom. The Labute approximate surface area is 80.0 Å². The number of fused-ring (bicyclic) bond motifs is 1. The quantitative estimate of drug-likeness (QED) is 0.679. The van der Waals surface area contributed by atoms with Crippen LogP contribution in [0.1, 0.15) is 43.6 Å². The summed E-state index contributed by atoms with van der Waals surface area (Å²) in [4.78, 5) is 0. The fourth-order valence-corrected chi connectivity index (χ4v) is 2.33. The van der Waals surface area contributed by atoms with Gasteiger partial charge in [-0.05, 0) is 44.6 Å². The molecule has 1 aromatic heterocycles. The molecule has 0 saturated heterocycles. The average molecular weight is 178 g/mol. The lowest BCUT2D eigenvalue weighted by Crippen LogP contribution is -2.03. The van der Waals surface area contributed by atoms with Crippen molar-refractivity contribution in [2.24, 2.45) is 0 Å². The van der Waals surface area contributed by atoms with E-state index in [1.165, 1.54) is 37.1 Å². The van der Waals surface area contributed by atoms with E-state index in [4.69, 9.17) is 0 Å². The van der Waals surface area contributed by atoms with E-state index < -0.39 is 0 Å². The predicted molar refractivity (Wildman–Crippen MR) is 53.9 cm³/mol. The highest BCUT2D eigenvalue weighted by molar-refractivity contribution is 5.28. The van der Waals surface area contributed by atoms with Gasteiger partial charge in [-0.3, -0.25) is 4.68 Å². The molecule has 1 aliphatic carbocycles. The van der Waals surface area contributed by atoms with Gasteiger partial charge in [0.2, 0.25) is 0 Å². The zero-order chi connectivity index (χ0) is 9.26. The topological polar surface area (TPSA) is 17.8 Å². The minimum Gasteiger partial charge on any atom is -0.269 e. The number of nitrogens with zero attached hydrogens (tertiary/aromatic N) is 2. The van der Waals surface area contributed by atoms with Crippen LogP contribution in [0.15, 0.2) is 0 Å². The third-order valence-corrected chi connectivity index (χ3v) is 2.97. The van der Waals surface area contributed by atoms with Crippen LogP contribution in [-0.2, 0) is 25.8 Å². The van der Waals surface area contributed by atoms with Crippen LogP contribution in [0.4, 0.5) is 0 Å². The molecule has 0 aromatic carbocycles. The van der Waals surface area contributed by atoms with Crippen LogP contribution in [0.3, 0.4) is 0 Å². The van der Waals surface area contributed by atoms with Crippen LogP contribution in [0.2, 0.25) is 0 Å². The van der Waals surface area contributed by atoms with Gasteiger partial charge in [-0.1, -0.05) is 6.92 Å². The first-order valence-electron chi connectivity index (χ1n) is 5.44. The second-order valence-electron chi connectivity index (χ2n) is 3.75. The Kier molecular flexibility index (Phi) is 2.38. The number of aromatic nitrogens is 2. The van der Waals surface area contributed by atoms with Crippen LogP contribution in [0, 0.1) is 0 Å². The van der Waals surface area contributed by atoms with Crippen molar-refractivity contribution in [3.05, 3.63) is 17.0 Å². The van der Waals surface area contributed by atoms with E-state index in [1.807, 2.05) is 0 Å². The first-order valence-corrected chi connectivity index (χ1v) is 5.44. The molecule has 13 heavy (non-hydrogen) atoms. The summed E-state index contributed by atoms with van der Waals surface area (Å²) < 4.78 is 2.19. The lowest BCUT2D eigenvalue weighted by Gasteiger charge is -2.10. The van der Waals surface area contributed by atoms with Crippen molar-refractivity contribution in [2.75, 3.05) is 0 Å². The third kappa shape index (κ3) is 1.38. The first kappa shape index (κ1) is 8.79. The molecule has 0 unspecified atom stereocenters. The molecule has 0 bridgehead atoms. The number of aryl methyl sites for hydroxylation is 2. The van der Waals surface area contributed by atoms with Gasteiger partial charge in [-0.25, -0.2) is 0 Å². The zero-order valence-corrected chi connectivity index (χ0v) is 8.64. The molecule has 0 N–H and O–H groups in total. The lowest BCUT2D eigenvalue weighted by molar-refractivity contribution is 0.613. The van der Waals surface area contributed by atoms with Gasteiger partial charge in [0.05, 0.1) is 5.69 Å². The second-order valence-corrected chi connectivity index (χ2v) is 3.75. The van der Waals surface area contributed by atoms with Crippen LogP contribution >= 0.6 is 0 Å². The van der Waals surface area contributed by atoms with Crippen LogP contribution in [0.25, 0.3) is 0 Å². The van der Waals surface area contributed by atoms with Crippen molar-refractivity contribution >= 4 is 0 Å². The molecule has 2 nitrogen and oxygen atoms in total. The van der Waals surface area contributed by atoms with Crippen molar-refractivity contribution in [1.29, 1.82) is 0 Å². The lowest BCUT2D eigenvalue weighted by atomic mass is 9.95. The van der Waals surface area contributed by atoms with Gasteiger partial charge >= 0.3 is 0 Å². The van der Waals surface area contributed by atoms with E-state index >= 15 is 0 Å². The molecular weight excluding hydrogens is 160 g/mol. The molecule has 0 saturated carbocycles. The van der Waals surface area contributed by atoms with Gasteiger partial charge in [-0.2, -0.15) is 5.10 Å². The molecule has 1 aliphatic rings. The highest BCUT2D eigenvalue weighted by Gasteiger charge is 2.18. The van der Waals surface area contributed by atoms with E-state index in [9.17, 15) is 0 Å². The maximum atomic E-state index is 4.66. The molecule has 0 atom stereocenters. The van der Waals surface area contributed by atoms with E-state index in [0.717, 1.165) is 13.0 Å². The summed E-state index contributed by atoms with van der Waals surface area (Å²) >= 11 is 0. The molecule has 0 spiro atoms. The molecule has 0 fully saturated rings. The predicted octanol–water partition coefficient (Wildman–Crippen LogP) is 2.34. The SMILES string of the molecule is CCc1c2c(nn1CC)CCCC2. The Balaban J connectivity index is 2.44. The Morgan fingerprint density at radius 1 is 1.23 bits per heavy atom. The van der Waals surface area contributed by atoms with Crippen molar-refractivity contribution in [3.63, 3.8) is 0 Å². The third-order valence-electron chi connectivity index (χ3n) is 2.97. The Hall–Kier alpha value is -0.790.